The van der Waals surface area contributed by atoms with Gasteiger partial charge in [-0.05, 0) is 20.5 Å². The Morgan fingerprint density at radius 2 is 2.33 bits per heavy atom. The molecule has 2 heterocycles. The van der Waals surface area contributed by atoms with Gasteiger partial charge in [0.1, 0.15) is 5.01 Å². The molecule has 3 nitrogen and oxygen atoms in total. The highest BCUT2D eigenvalue weighted by Crippen LogP contribution is 2.32. The van der Waals surface area contributed by atoms with Crippen molar-refractivity contribution in [1.82, 2.24) is 15.2 Å². The number of hydrogen-bond donors (Lipinski definition) is 1. The Labute approximate surface area is 118 Å². The summed E-state index contributed by atoms with van der Waals surface area (Å²) in [6.45, 7) is 4.36. The van der Waals surface area contributed by atoms with Gasteiger partial charge in [0.2, 0.25) is 0 Å². The maximum Gasteiger partial charge on any atom is 0.111 e. The zero-order valence-electron chi connectivity index (χ0n) is 11.5. The molecule has 0 radical (unpaired) electrons. The van der Waals surface area contributed by atoms with E-state index in [4.69, 9.17) is 4.98 Å². The van der Waals surface area contributed by atoms with Crippen molar-refractivity contribution in [3.63, 3.8) is 0 Å². The minimum atomic E-state index is 0.523. The molecule has 0 spiro atoms. The van der Waals surface area contributed by atoms with Crippen LogP contribution in [-0.2, 0) is 13.0 Å². The van der Waals surface area contributed by atoms with Crippen molar-refractivity contribution in [1.29, 1.82) is 0 Å². The van der Waals surface area contributed by atoms with Crippen LogP contribution in [0.1, 0.15) is 35.0 Å². The summed E-state index contributed by atoms with van der Waals surface area (Å²) in [4.78, 5) is 8.80. The van der Waals surface area contributed by atoms with Crippen LogP contribution in [0.15, 0.2) is 0 Å². The minimum Gasteiger partial charge on any atom is -0.315 e. The lowest BCUT2D eigenvalue weighted by molar-refractivity contribution is 0.274. The number of rotatable bonds is 5. The van der Waals surface area contributed by atoms with E-state index < -0.39 is 0 Å². The SMILES string of the molecule is CCCc1nc(C2CSCCN2C)sc1CNC. The second kappa shape index (κ2) is 6.89. The van der Waals surface area contributed by atoms with Gasteiger partial charge in [0.05, 0.1) is 11.7 Å². The monoisotopic (exact) mass is 285 g/mol. The number of aryl methyl sites for hydroxylation is 1. The standard InChI is InChI=1S/C13H23N3S2/c1-4-5-10-12(8-14-2)18-13(15-10)11-9-17-7-6-16(11)3/h11,14H,4-9H2,1-3H3. The van der Waals surface area contributed by atoms with E-state index in [9.17, 15) is 0 Å². The first-order valence-electron chi connectivity index (χ1n) is 6.67. The van der Waals surface area contributed by atoms with Crippen LogP contribution in [0.4, 0.5) is 0 Å². The molecule has 0 saturated carbocycles. The van der Waals surface area contributed by atoms with E-state index in [2.05, 4.69) is 35.9 Å². The predicted molar refractivity (Wildman–Crippen MR) is 81.6 cm³/mol. The Morgan fingerprint density at radius 1 is 1.50 bits per heavy atom. The molecular formula is C13H23N3S2. The van der Waals surface area contributed by atoms with Crippen LogP contribution in [0.25, 0.3) is 0 Å². The fourth-order valence-electron chi connectivity index (χ4n) is 2.22. The third-order valence-corrected chi connectivity index (χ3v) is 5.52. The highest BCUT2D eigenvalue weighted by molar-refractivity contribution is 7.99. The topological polar surface area (TPSA) is 28.2 Å². The quantitative estimate of drug-likeness (QED) is 0.900. The fourth-order valence-corrected chi connectivity index (χ4v) is 4.84. The Bertz CT molecular complexity index is 355. The zero-order valence-corrected chi connectivity index (χ0v) is 13.2. The van der Waals surface area contributed by atoms with E-state index in [0.29, 0.717) is 6.04 Å². The molecule has 1 fully saturated rings. The lowest BCUT2D eigenvalue weighted by Crippen LogP contribution is -2.32. The van der Waals surface area contributed by atoms with Crippen LogP contribution in [0.2, 0.25) is 0 Å². The van der Waals surface area contributed by atoms with Gasteiger partial charge in [-0.2, -0.15) is 11.8 Å². The zero-order chi connectivity index (χ0) is 13.0. The number of hydrogen-bond acceptors (Lipinski definition) is 5. The Hall–Kier alpha value is -0.100. The van der Waals surface area contributed by atoms with Crippen LogP contribution in [0, 0.1) is 0 Å². The summed E-state index contributed by atoms with van der Waals surface area (Å²) in [7, 11) is 4.24. The molecule has 102 valence electrons. The Balaban J connectivity index is 2.18. The number of thioether (sulfide) groups is 1. The van der Waals surface area contributed by atoms with E-state index in [1.165, 1.54) is 40.0 Å². The van der Waals surface area contributed by atoms with Gasteiger partial charge < -0.3 is 5.32 Å². The van der Waals surface area contributed by atoms with Crippen molar-refractivity contribution in [2.45, 2.75) is 32.4 Å². The average molecular weight is 285 g/mol. The van der Waals surface area contributed by atoms with Gasteiger partial charge >= 0.3 is 0 Å². The van der Waals surface area contributed by atoms with E-state index in [-0.39, 0.29) is 0 Å². The molecule has 1 unspecified atom stereocenters. The third-order valence-electron chi connectivity index (χ3n) is 3.30. The van der Waals surface area contributed by atoms with E-state index in [1.54, 1.807) is 0 Å². The molecule has 18 heavy (non-hydrogen) atoms. The van der Waals surface area contributed by atoms with Crippen LogP contribution in [0.5, 0.6) is 0 Å². The number of nitrogens with zero attached hydrogens (tertiary/aromatic N) is 2. The van der Waals surface area contributed by atoms with Crippen molar-refractivity contribution in [3.05, 3.63) is 15.6 Å². The maximum atomic E-state index is 4.92. The first kappa shape index (κ1) is 14.3. The molecule has 1 aliphatic rings. The second-order valence-electron chi connectivity index (χ2n) is 4.77. The molecule has 0 bridgehead atoms. The molecule has 5 heteroatoms. The maximum absolute atomic E-state index is 4.92. The number of thiazole rings is 1. The highest BCUT2D eigenvalue weighted by Gasteiger charge is 2.25. The van der Waals surface area contributed by atoms with Crippen molar-refractivity contribution in [2.75, 3.05) is 32.1 Å². The average Bonchev–Trinajstić information content (AvgIpc) is 2.74. The molecule has 1 aliphatic heterocycles. The van der Waals surface area contributed by atoms with Crippen molar-refractivity contribution >= 4 is 23.1 Å². The highest BCUT2D eigenvalue weighted by atomic mass is 32.2. The van der Waals surface area contributed by atoms with Gasteiger partial charge in [0, 0.05) is 29.5 Å². The van der Waals surface area contributed by atoms with Crippen LogP contribution in [0.3, 0.4) is 0 Å². The number of aromatic nitrogens is 1. The van der Waals surface area contributed by atoms with Crippen molar-refractivity contribution < 1.29 is 0 Å². The van der Waals surface area contributed by atoms with Gasteiger partial charge in [-0.25, -0.2) is 4.98 Å². The summed E-state index contributed by atoms with van der Waals surface area (Å²) < 4.78 is 0. The molecule has 0 aliphatic carbocycles. The van der Waals surface area contributed by atoms with Gasteiger partial charge in [0.15, 0.2) is 0 Å². The number of nitrogens with one attached hydrogen (secondary N) is 1. The largest absolute Gasteiger partial charge is 0.315 e. The van der Waals surface area contributed by atoms with E-state index >= 15 is 0 Å². The molecular weight excluding hydrogens is 262 g/mol. The normalized spacial score (nSPS) is 21.4. The smallest absolute Gasteiger partial charge is 0.111 e. The van der Waals surface area contributed by atoms with E-state index in [1.807, 2.05) is 18.4 Å². The lowest BCUT2D eigenvalue weighted by Gasteiger charge is -2.30. The summed E-state index contributed by atoms with van der Waals surface area (Å²) in [6, 6.07) is 0.523. The summed E-state index contributed by atoms with van der Waals surface area (Å²) in [5.74, 6) is 2.44. The predicted octanol–water partition coefficient (Wildman–Crippen LogP) is 2.53. The van der Waals surface area contributed by atoms with Gasteiger partial charge in [-0.1, -0.05) is 13.3 Å². The summed E-state index contributed by atoms with van der Waals surface area (Å²) in [6.07, 6.45) is 2.28. The van der Waals surface area contributed by atoms with Crippen LogP contribution >= 0.6 is 23.1 Å². The first-order chi connectivity index (χ1) is 8.76. The van der Waals surface area contributed by atoms with Crippen LogP contribution in [-0.4, -0.2) is 42.0 Å². The van der Waals surface area contributed by atoms with Gasteiger partial charge in [-0.3, -0.25) is 4.90 Å². The molecule has 0 aromatic carbocycles. The van der Waals surface area contributed by atoms with Crippen molar-refractivity contribution in [3.8, 4) is 0 Å². The van der Waals surface area contributed by atoms with Gasteiger partial charge in [-0.15, -0.1) is 11.3 Å². The molecule has 1 N–H and O–H groups in total. The fraction of sp³-hybridized carbons (Fsp3) is 0.769. The molecule has 1 saturated heterocycles. The molecule has 1 aromatic rings. The minimum absolute atomic E-state index is 0.523. The molecule has 0 amide bonds. The molecule has 1 aromatic heterocycles. The summed E-state index contributed by atoms with van der Waals surface area (Å²) in [5, 5.41) is 4.58. The van der Waals surface area contributed by atoms with Crippen molar-refractivity contribution in [2.24, 2.45) is 0 Å². The van der Waals surface area contributed by atoms with Gasteiger partial charge in [0.25, 0.3) is 0 Å². The molecule has 1 atom stereocenters. The van der Waals surface area contributed by atoms with Crippen LogP contribution < -0.4 is 5.32 Å². The lowest BCUT2D eigenvalue weighted by atomic mass is 10.2. The summed E-state index contributed by atoms with van der Waals surface area (Å²) >= 11 is 3.96. The second-order valence-corrected chi connectivity index (χ2v) is 7.04. The van der Waals surface area contributed by atoms with E-state index in [0.717, 1.165) is 13.0 Å². The Kier molecular flexibility index (Phi) is 5.48. The molecule has 2 rings (SSSR count). The summed E-state index contributed by atoms with van der Waals surface area (Å²) in [5.41, 5.74) is 1.32. The third kappa shape index (κ3) is 3.26. The Morgan fingerprint density at radius 3 is 3.00 bits per heavy atom. The first-order valence-corrected chi connectivity index (χ1v) is 8.64.